The summed E-state index contributed by atoms with van der Waals surface area (Å²) in [7, 11) is 0. The summed E-state index contributed by atoms with van der Waals surface area (Å²) < 4.78 is 1.02. The molecular weight excluding hydrogens is 294 g/mol. The van der Waals surface area contributed by atoms with Gasteiger partial charge in [-0.05, 0) is 28.9 Å². The summed E-state index contributed by atoms with van der Waals surface area (Å²) in [5.74, 6) is 0. The van der Waals surface area contributed by atoms with Crippen LogP contribution in [0, 0.1) is 6.92 Å². The fourth-order valence-electron chi connectivity index (χ4n) is 1.30. The highest BCUT2D eigenvalue weighted by Crippen LogP contribution is 2.27. The van der Waals surface area contributed by atoms with Crippen molar-refractivity contribution in [3.05, 3.63) is 36.9 Å². The molecule has 0 amide bonds. The average Bonchev–Trinajstić information content (AvgIpc) is 2.75. The summed E-state index contributed by atoms with van der Waals surface area (Å²) in [6.07, 6.45) is 0.153. The maximum atomic E-state index is 9.95. The predicted octanol–water partition coefficient (Wildman–Crippen LogP) is 3.55. The van der Waals surface area contributed by atoms with E-state index < -0.39 is 6.10 Å². The molecule has 0 radical (unpaired) electrons. The number of aliphatic hydroxyl groups is 1. The molecule has 0 aromatic carbocycles. The first-order chi connectivity index (χ1) is 7.15. The van der Waals surface area contributed by atoms with Crippen LogP contribution in [0.1, 0.15) is 21.7 Å². The van der Waals surface area contributed by atoms with Crippen LogP contribution >= 0.6 is 38.6 Å². The molecule has 0 saturated carbocycles. The molecule has 1 atom stereocenters. The highest BCUT2D eigenvalue weighted by Gasteiger charge is 2.12. The van der Waals surface area contributed by atoms with Crippen molar-refractivity contribution in [3.63, 3.8) is 0 Å². The van der Waals surface area contributed by atoms with E-state index in [1.54, 1.807) is 22.7 Å². The number of nitrogens with zero attached hydrogens (tertiary/aromatic N) is 1. The molecule has 1 unspecified atom stereocenters. The number of aromatic nitrogens is 1. The topological polar surface area (TPSA) is 33.1 Å². The van der Waals surface area contributed by atoms with Gasteiger partial charge in [-0.2, -0.15) is 0 Å². The molecular formula is C10H10BrNOS2. The van der Waals surface area contributed by atoms with Gasteiger partial charge in [-0.15, -0.1) is 22.7 Å². The lowest BCUT2D eigenvalue weighted by molar-refractivity contribution is 0.181. The van der Waals surface area contributed by atoms with E-state index >= 15 is 0 Å². The van der Waals surface area contributed by atoms with Crippen molar-refractivity contribution < 1.29 is 5.11 Å². The molecule has 15 heavy (non-hydrogen) atoms. The van der Waals surface area contributed by atoms with Crippen molar-refractivity contribution in [1.29, 1.82) is 0 Å². The van der Waals surface area contributed by atoms with Gasteiger partial charge in [-0.1, -0.05) is 0 Å². The largest absolute Gasteiger partial charge is 0.387 e. The molecule has 0 saturated heterocycles. The molecule has 2 nitrogen and oxygen atoms in total. The maximum Gasteiger partial charge on any atom is 0.0937 e. The van der Waals surface area contributed by atoms with Gasteiger partial charge >= 0.3 is 0 Å². The van der Waals surface area contributed by atoms with Gasteiger partial charge in [0.05, 0.1) is 16.8 Å². The number of thiazole rings is 1. The Morgan fingerprint density at radius 2 is 2.27 bits per heavy atom. The van der Waals surface area contributed by atoms with Crippen LogP contribution in [0.2, 0.25) is 0 Å². The second kappa shape index (κ2) is 4.74. The van der Waals surface area contributed by atoms with Gasteiger partial charge in [-0.3, -0.25) is 0 Å². The smallest absolute Gasteiger partial charge is 0.0937 e. The van der Waals surface area contributed by atoms with E-state index in [2.05, 4.69) is 20.9 Å². The Bertz CT molecular complexity index is 452. The zero-order valence-corrected chi connectivity index (χ0v) is 11.3. The standard InChI is InChI=1S/C10H10BrNOS2/c1-6-12-8(5-14-6)3-9(13)10-2-7(11)4-15-10/h2,4-5,9,13H,3H2,1H3. The second-order valence-electron chi connectivity index (χ2n) is 3.25. The van der Waals surface area contributed by atoms with Crippen LogP contribution in [0.25, 0.3) is 0 Å². The summed E-state index contributed by atoms with van der Waals surface area (Å²) in [4.78, 5) is 5.31. The zero-order chi connectivity index (χ0) is 10.8. The highest BCUT2D eigenvalue weighted by molar-refractivity contribution is 9.10. The van der Waals surface area contributed by atoms with E-state index in [4.69, 9.17) is 0 Å². The Kier molecular flexibility index (Phi) is 3.56. The highest BCUT2D eigenvalue weighted by atomic mass is 79.9. The minimum absolute atomic E-state index is 0.442. The molecule has 0 aliphatic carbocycles. The van der Waals surface area contributed by atoms with Crippen molar-refractivity contribution in [3.8, 4) is 0 Å². The van der Waals surface area contributed by atoms with E-state index in [0.29, 0.717) is 6.42 Å². The minimum atomic E-state index is -0.442. The lowest BCUT2D eigenvalue weighted by Crippen LogP contribution is -1.99. The summed E-state index contributed by atoms with van der Waals surface area (Å²) in [6.45, 7) is 1.97. The molecule has 2 aromatic rings. The molecule has 0 aliphatic rings. The predicted molar refractivity (Wildman–Crippen MR) is 67.5 cm³/mol. The van der Waals surface area contributed by atoms with Crippen LogP contribution in [0.5, 0.6) is 0 Å². The number of rotatable bonds is 3. The third-order valence-corrected chi connectivity index (χ3v) is 4.60. The van der Waals surface area contributed by atoms with Crippen molar-refractivity contribution >= 4 is 38.6 Å². The molecule has 5 heteroatoms. The summed E-state index contributed by atoms with van der Waals surface area (Å²) in [5, 5.41) is 15.0. The first-order valence-corrected chi connectivity index (χ1v) is 7.03. The second-order valence-corrected chi connectivity index (χ2v) is 6.17. The van der Waals surface area contributed by atoms with Gasteiger partial charge in [0.15, 0.2) is 0 Å². The molecule has 2 heterocycles. The van der Waals surface area contributed by atoms with Crippen LogP contribution in [0.15, 0.2) is 21.3 Å². The molecule has 1 N–H and O–H groups in total. The van der Waals surface area contributed by atoms with Crippen LogP contribution < -0.4 is 0 Å². The first-order valence-electron chi connectivity index (χ1n) is 4.48. The fraction of sp³-hybridized carbons (Fsp3) is 0.300. The molecule has 0 fully saturated rings. The number of aryl methyl sites for hydroxylation is 1. The lowest BCUT2D eigenvalue weighted by atomic mass is 10.2. The van der Waals surface area contributed by atoms with Crippen LogP contribution in [-0.4, -0.2) is 10.1 Å². The van der Waals surface area contributed by atoms with Crippen molar-refractivity contribution in [2.24, 2.45) is 0 Å². The van der Waals surface area contributed by atoms with Gasteiger partial charge < -0.3 is 5.11 Å². The van der Waals surface area contributed by atoms with Crippen LogP contribution in [0.4, 0.5) is 0 Å². The lowest BCUT2D eigenvalue weighted by Gasteiger charge is -2.05. The molecule has 0 spiro atoms. The number of halogens is 1. The maximum absolute atomic E-state index is 9.95. The normalized spacial score (nSPS) is 13.0. The zero-order valence-electron chi connectivity index (χ0n) is 8.11. The van der Waals surface area contributed by atoms with Gasteiger partial charge in [0, 0.05) is 26.5 Å². The summed E-state index contributed by atoms with van der Waals surface area (Å²) >= 11 is 6.56. The average molecular weight is 304 g/mol. The van der Waals surface area contributed by atoms with E-state index in [1.807, 2.05) is 23.8 Å². The Hall–Kier alpha value is -0.230. The molecule has 80 valence electrons. The number of thiophene rings is 1. The quantitative estimate of drug-likeness (QED) is 0.940. The van der Waals surface area contributed by atoms with Gasteiger partial charge in [0.25, 0.3) is 0 Å². The third kappa shape index (κ3) is 2.87. The first kappa shape index (κ1) is 11.3. The van der Waals surface area contributed by atoms with Crippen molar-refractivity contribution in [1.82, 2.24) is 4.98 Å². The molecule has 0 aliphatic heterocycles. The van der Waals surface area contributed by atoms with E-state index in [9.17, 15) is 5.11 Å². The van der Waals surface area contributed by atoms with Crippen molar-refractivity contribution in [2.45, 2.75) is 19.4 Å². The van der Waals surface area contributed by atoms with E-state index in [-0.39, 0.29) is 0 Å². The van der Waals surface area contributed by atoms with E-state index in [1.165, 1.54) is 0 Å². The minimum Gasteiger partial charge on any atom is -0.387 e. The van der Waals surface area contributed by atoms with Crippen molar-refractivity contribution in [2.75, 3.05) is 0 Å². The number of hydrogen-bond acceptors (Lipinski definition) is 4. The van der Waals surface area contributed by atoms with Gasteiger partial charge in [0.1, 0.15) is 0 Å². The molecule has 0 bridgehead atoms. The Labute approximate surface area is 105 Å². The summed E-state index contributed by atoms with van der Waals surface area (Å²) in [6, 6.07) is 1.95. The number of hydrogen-bond donors (Lipinski definition) is 1. The fourth-order valence-corrected chi connectivity index (χ4v) is 3.36. The van der Waals surface area contributed by atoms with Crippen LogP contribution in [-0.2, 0) is 6.42 Å². The monoisotopic (exact) mass is 303 g/mol. The molecule has 2 rings (SSSR count). The third-order valence-electron chi connectivity index (χ3n) is 1.99. The Morgan fingerprint density at radius 1 is 1.47 bits per heavy atom. The van der Waals surface area contributed by atoms with Gasteiger partial charge in [-0.25, -0.2) is 4.98 Å². The SMILES string of the molecule is Cc1nc(CC(O)c2cc(Br)cs2)cs1. The van der Waals surface area contributed by atoms with Gasteiger partial charge in [0.2, 0.25) is 0 Å². The molecule has 2 aromatic heterocycles. The Balaban J connectivity index is 2.06. The van der Waals surface area contributed by atoms with Crippen LogP contribution in [0.3, 0.4) is 0 Å². The Morgan fingerprint density at radius 3 is 2.80 bits per heavy atom. The number of aliphatic hydroxyl groups excluding tert-OH is 1. The summed E-state index contributed by atoms with van der Waals surface area (Å²) in [5.41, 5.74) is 0.967. The van der Waals surface area contributed by atoms with E-state index in [0.717, 1.165) is 20.1 Å².